The van der Waals surface area contributed by atoms with Gasteiger partial charge in [0.1, 0.15) is 0 Å². The SMILES string of the molecule is N#CNC1CCCCC1.[NaH]. The molecule has 52 valence electrons. The van der Waals surface area contributed by atoms with Gasteiger partial charge in [0.15, 0.2) is 6.19 Å². The number of rotatable bonds is 1. The standard InChI is InChI=1S/C7H12N2.Na.H/c8-6-9-7-4-2-1-3-5-7;;/h7,9H,1-5H2;;. The van der Waals surface area contributed by atoms with E-state index < -0.39 is 0 Å². The van der Waals surface area contributed by atoms with E-state index in [1.807, 2.05) is 6.19 Å². The summed E-state index contributed by atoms with van der Waals surface area (Å²) in [5, 5.41) is 11.0. The molecule has 10 heavy (non-hydrogen) atoms. The van der Waals surface area contributed by atoms with Crippen molar-refractivity contribution in [3.63, 3.8) is 0 Å². The van der Waals surface area contributed by atoms with Gasteiger partial charge in [0.05, 0.1) is 0 Å². The van der Waals surface area contributed by atoms with Gasteiger partial charge in [-0.1, -0.05) is 19.3 Å². The number of hydrogen-bond donors (Lipinski definition) is 1. The Balaban J connectivity index is 0.000000810. The van der Waals surface area contributed by atoms with Crippen LogP contribution in [-0.2, 0) is 0 Å². The van der Waals surface area contributed by atoms with E-state index in [0.29, 0.717) is 6.04 Å². The fourth-order valence-electron chi connectivity index (χ4n) is 1.34. The molecule has 0 saturated heterocycles. The second-order valence-electron chi connectivity index (χ2n) is 2.59. The third-order valence-electron chi connectivity index (χ3n) is 1.87. The topological polar surface area (TPSA) is 35.8 Å². The van der Waals surface area contributed by atoms with E-state index in [0.717, 1.165) is 0 Å². The first-order valence-corrected chi connectivity index (χ1v) is 3.58. The molecule has 0 bridgehead atoms. The van der Waals surface area contributed by atoms with Crippen LogP contribution in [0.15, 0.2) is 0 Å². The van der Waals surface area contributed by atoms with Gasteiger partial charge in [0.2, 0.25) is 0 Å². The van der Waals surface area contributed by atoms with Crippen LogP contribution < -0.4 is 5.32 Å². The van der Waals surface area contributed by atoms with Crippen molar-refractivity contribution >= 4 is 29.6 Å². The number of nitriles is 1. The molecular weight excluding hydrogens is 135 g/mol. The molecule has 1 rings (SSSR count). The average Bonchev–Trinajstić information content (AvgIpc) is 1.91. The molecule has 3 heteroatoms. The van der Waals surface area contributed by atoms with E-state index in [1.165, 1.54) is 32.1 Å². The third-order valence-corrected chi connectivity index (χ3v) is 1.87. The van der Waals surface area contributed by atoms with Gasteiger partial charge >= 0.3 is 29.6 Å². The van der Waals surface area contributed by atoms with Gasteiger partial charge in [-0.3, -0.25) is 0 Å². The Morgan fingerprint density at radius 3 is 2.30 bits per heavy atom. The minimum absolute atomic E-state index is 0. The average molecular weight is 148 g/mol. The van der Waals surface area contributed by atoms with Gasteiger partial charge in [-0.25, -0.2) is 0 Å². The van der Waals surface area contributed by atoms with Crippen LogP contribution in [0, 0.1) is 11.5 Å². The molecule has 0 aromatic heterocycles. The number of hydrogen-bond acceptors (Lipinski definition) is 2. The fourth-order valence-corrected chi connectivity index (χ4v) is 1.34. The number of nitrogens with one attached hydrogen (secondary N) is 1. The van der Waals surface area contributed by atoms with E-state index in [9.17, 15) is 0 Å². The van der Waals surface area contributed by atoms with Gasteiger partial charge in [-0.05, 0) is 12.8 Å². The fraction of sp³-hybridized carbons (Fsp3) is 0.857. The second-order valence-corrected chi connectivity index (χ2v) is 2.59. The van der Waals surface area contributed by atoms with E-state index >= 15 is 0 Å². The van der Waals surface area contributed by atoms with E-state index in [4.69, 9.17) is 5.26 Å². The monoisotopic (exact) mass is 148 g/mol. The van der Waals surface area contributed by atoms with Crippen molar-refractivity contribution in [2.75, 3.05) is 0 Å². The molecule has 0 aliphatic heterocycles. The Morgan fingerprint density at radius 2 is 1.80 bits per heavy atom. The maximum atomic E-state index is 8.26. The van der Waals surface area contributed by atoms with Gasteiger partial charge in [-0.2, -0.15) is 5.26 Å². The molecule has 1 aliphatic rings. The van der Waals surface area contributed by atoms with Gasteiger partial charge in [0.25, 0.3) is 0 Å². The summed E-state index contributed by atoms with van der Waals surface area (Å²) in [6.07, 6.45) is 8.30. The summed E-state index contributed by atoms with van der Waals surface area (Å²) in [5.74, 6) is 0. The molecule has 0 aromatic rings. The van der Waals surface area contributed by atoms with Crippen LogP contribution in [0.5, 0.6) is 0 Å². The van der Waals surface area contributed by atoms with E-state index in [2.05, 4.69) is 5.32 Å². The predicted molar refractivity (Wildman–Crippen MR) is 42.8 cm³/mol. The van der Waals surface area contributed by atoms with Crippen molar-refractivity contribution in [1.29, 1.82) is 5.26 Å². The summed E-state index contributed by atoms with van der Waals surface area (Å²) in [6.45, 7) is 0. The first-order valence-electron chi connectivity index (χ1n) is 3.58. The molecule has 2 nitrogen and oxygen atoms in total. The summed E-state index contributed by atoms with van der Waals surface area (Å²) >= 11 is 0. The zero-order valence-electron chi connectivity index (χ0n) is 5.56. The molecule has 0 heterocycles. The van der Waals surface area contributed by atoms with Crippen molar-refractivity contribution in [2.24, 2.45) is 0 Å². The van der Waals surface area contributed by atoms with E-state index in [1.54, 1.807) is 0 Å². The summed E-state index contributed by atoms with van der Waals surface area (Å²) in [5.41, 5.74) is 0. The third kappa shape index (κ3) is 3.46. The van der Waals surface area contributed by atoms with Crippen molar-refractivity contribution in [3.05, 3.63) is 0 Å². The second kappa shape index (κ2) is 6.03. The van der Waals surface area contributed by atoms with Crippen LogP contribution in [0.25, 0.3) is 0 Å². The first-order chi connectivity index (χ1) is 4.43. The predicted octanol–water partition coefficient (Wildman–Crippen LogP) is 0.741. The Bertz CT molecular complexity index is 113. The molecule has 1 aliphatic carbocycles. The van der Waals surface area contributed by atoms with Crippen LogP contribution in [0.1, 0.15) is 32.1 Å². The van der Waals surface area contributed by atoms with Crippen LogP contribution >= 0.6 is 0 Å². The zero-order chi connectivity index (χ0) is 6.53. The molecule has 0 amide bonds. The first kappa shape index (κ1) is 10.3. The molecule has 0 unspecified atom stereocenters. The molecule has 1 fully saturated rings. The van der Waals surface area contributed by atoms with Crippen molar-refractivity contribution in [2.45, 2.75) is 38.1 Å². The molecule has 1 saturated carbocycles. The van der Waals surface area contributed by atoms with Gasteiger partial charge in [0, 0.05) is 6.04 Å². The van der Waals surface area contributed by atoms with Crippen LogP contribution in [0.4, 0.5) is 0 Å². The van der Waals surface area contributed by atoms with Crippen LogP contribution in [0.3, 0.4) is 0 Å². The maximum absolute atomic E-state index is 8.26. The van der Waals surface area contributed by atoms with Gasteiger partial charge in [-0.15, -0.1) is 0 Å². The Kier molecular flexibility index (Phi) is 6.20. The Hall–Kier alpha value is 0.290. The zero-order valence-corrected chi connectivity index (χ0v) is 5.56. The van der Waals surface area contributed by atoms with Gasteiger partial charge < -0.3 is 5.32 Å². The normalized spacial score (nSPS) is 18.7. The quantitative estimate of drug-likeness (QED) is 0.338. The molecule has 0 spiro atoms. The molecule has 0 atom stereocenters. The van der Waals surface area contributed by atoms with Crippen molar-refractivity contribution in [3.8, 4) is 6.19 Å². The Labute approximate surface area is 84.3 Å². The molecular formula is C7H13N2Na. The van der Waals surface area contributed by atoms with E-state index in [-0.39, 0.29) is 29.6 Å². The summed E-state index contributed by atoms with van der Waals surface area (Å²) < 4.78 is 0. The molecule has 1 N–H and O–H groups in total. The van der Waals surface area contributed by atoms with Crippen molar-refractivity contribution < 1.29 is 0 Å². The van der Waals surface area contributed by atoms with Crippen molar-refractivity contribution in [1.82, 2.24) is 5.32 Å². The Morgan fingerprint density at radius 1 is 1.20 bits per heavy atom. The number of nitrogens with zero attached hydrogens (tertiary/aromatic N) is 1. The molecule has 0 aromatic carbocycles. The summed E-state index contributed by atoms with van der Waals surface area (Å²) in [6, 6.07) is 0.490. The summed E-state index contributed by atoms with van der Waals surface area (Å²) in [7, 11) is 0. The minimum atomic E-state index is 0. The molecule has 0 radical (unpaired) electrons. The summed E-state index contributed by atoms with van der Waals surface area (Å²) in [4.78, 5) is 0. The van der Waals surface area contributed by atoms with Crippen LogP contribution in [-0.4, -0.2) is 35.6 Å². The van der Waals surface area contributed by atoms with Crippen LogP contribution in [0.2, 0.25) is 0 Å².